The number of aromatic nitrogens is 2. The monoisotopic (exact) mass is 319 g/mol. The van der Waals surface area contributed by atoms with Crippen LogP contribution in [-0.4, -0.2) is 28.0 Å². The van der Waals surface area contributed by atoms with E-state index in [1.807, 2.05) is 12.3 Å². The highest BCUT2D eigenvalue weighted by Gasteiger charge is 2.13. The summed E-state index contributed by atoms with van der Waals surface area (Å²) in [5, 5.41) is 0. The second kappa shape index (κ2) is 6.97. The molecule has 0 unspecified atom stereocenters. The fourth-order valence-corrected chi connectivity index (χ4v) is 3.20. The second-order valence-electron chi connectivity index (χ2n) is 6.30. The van der Waals surface area contributed by atoms with Crippen LogP contribution in [0.5, 0.6) is 0 Å². The van der Waals surface area contributed by atoms with Crippen LogP contribution in [0.3, 0.4) is 0 Å². The third kappa shape index (κ3) is 3.39. The lowest BCUT2D eigenvalue weighted by atomic mass is 10.1. The molecule has 2 aromatic heterocycles. The van der Waals surface area contributed by atoms with Crippen molar-refractivity contribution >= 4 is 0 Å². The summed E-state index contributed by atoms with van der Waals surface area (Å²) in [7, 11) is 0. The molecular weight excluding hydrogens is 298 g/mol. The van der Waals surface area contributed by atoms with E-state index in [0.29, 0.717) is 5.89 Å². The molecule has 1 aliphatic rings. The number of benzene rings is 1. The van der Waals surface area contributed by atoms with Crippen molar-refractivity contribution in [1.82, 2.24) is 14.9 Å². The van der Waals surface area contributed by atoms with Crippen molar-refractivity contribution in [2.45, 2.75) is 25.8 Å². The van der Waals surface area contributed by atoms with Gasteiger partial charge >= 0.3 is 0 Å². The summed E-state index contributed by atoms with van der Waals surface area (Å²) in [6.45, 7) is 3.22. The Balaban J connectivity index is 1.48. The zero-order valence-corrected chi connectivity index (χ0v) is 13.7. The molecule has 4 heteroatoms. The van der Waals surface area contributed by atoms with E-state index in [1.165, 1.54) is 32.4 Å². The van der Waals surface area contributed by atoms with E-state index in [4.69, 9.17) is 4.42 Å². The van der Waals surface area contributed by atoms with Gasteiger partial charge in [0, 0.05) is 24.5 Å². The Morgan fingerprint density at radius 1 is 0.917 bits per heavy atom. The molecule has 0 bridgehead atoms. The third-order valence-corrected chi connectivity index (χ3v) is 4.51. The molecule has 0 saturated carbocycles. The van der Waals surface area contributed by atoms with E-state index < -0.39 is 0 Å². The van der Waals surface area contributed by atoms with Crippen LogP contribution in [-0.2, 0) is 6.54 Å². The highest BCUT2D eigenvalue weighted by Crippen LogP contribution is 2.24. The fraction of sp³-hybridized carbons (Fsp3) is 0.300. The van der Waals surface area contributed by atoms with Crippen LogP contribution >= 0.6 is 0 Å². The predicted molar refractivity (Wildman–Crippen MR) is 94.3 cm³/mol. The molecule has 1 aromatic carbocycles. The summed E-state index contributed by atoms with van der Waals surface area (Å²) in [6, 6.07) is 12.3. The average molecular weight is 319 g/mol. The predicted octanol–water partition coefficient (Wildman–Crippen LogP) is 4.39. The quantitative estimate of drug-likeness (QED) is 0.715. The van der Waals surface area contributed by atoms with Gasteiger partial charge in [0.2, 0.25) is 5.89 Å². The maximum absolute atomic E-state index is 5.69. The number of oxazole rings is 1. The normalized spacial score (nSPS) is 15.5. The highest BCUT2D eigenvalue weighted by atomic mass is 16.3. The van der Waals surface area contributed by atoms with Gasteiger partial charge in [0.1, 0.15) is 6.26 Å². The first kappa shape index (κ1) is 15.1. The van der Waals surface area contributed by atoms with Crippen LogP contribution in [0.4, 0.5) is 0 Å². The lowest BCUT2D eigenvalue weighted by molar-refractivity contribution is 0.218. The minimum atomic E-state index is 0.694. The lowest BCUT2D eigenvalue weighted by Crippen LogP contribution is -2.29. The summed E-state index contributed by atoms with van der Waals surface area (Å²) in [6.07, 6.45) is 9.38. The van der Waals surface area contributed by atoms with Gasteiger partial charge in [-0.15, -0.1) is 0 Å². The molecule has 1 aliphatic heterocycles. The first-order valence-corrected chi connectivity index (χ1v) is 8.56. The maximum Gasteiger partial charge on any atom is 0.226 e. The molecule has 122 valence electrons. The van der Waals surface area contributed by atoms with Crippen LogP contribution in [0.2, 0.25) is 0 Å². The van der Waals surface area contributed by atoms with Gasteiger partial charge in [-0.3, -0.25) is 9.88 Å². The van der Waals surface area contributed by atoms with Gasteiger partial charge in [-0.25, -0.2) is 4.98 Å². The van der Waals surface area contributed by atoms with Crippen molar-refractivity contribution in [3.05, 3.63) is 60.7 Å². The van der Waals surface area contributed by atoms with E-state index in [0.717, 1.165) is 28.9 Å². The first-order chi connectivity index (χ1) is 11.9. The molecule has 24 heavy (non-hydrogen) atoms. The Bertz CT molecular complexity index is 774. The third-order valence-electron chi connectivity index (χ3n) is 4.51. The van der Waals surface area contributed by atoms with E-state index in [-0.39, 0.29) is 0 Å². The van der Waals surface area contributed by atoms with Gasteiger partial charge in [0.05, 0.1) is 5.69 Å². The van der Waals surface area contributed by atoms with E-state index >= 15 is 0 Å². The SMILES string of the molecule is c1cncc(-c2ccc(-c3nc(CN4CCCCC4)co3)cc2)c1. The molecule has 3 aromatic rings. The van der Waals surface area contributed by atoms with Crippen LogP contribution in [0.15, 0.2) is 59.5 Å². The Morgan fingerprint density at radius 2 is 1.71 bits per heavy atom. The number of hydrogen-bond acceptors (Lipinski definition) is 4. The molecule has 4 nitrogen and oxygen atoms in total. The van der Waals surface area contributed by atoms with Crippen molar-refractivity contribution in [3.8, 4) is 22.6 Å². The van der Waals surface area contributed by atoms with Crippen LogP contribution < -0.4 is 0 Å². The van der Waals surface area contributed by atoms with Gasteiger partial charge in [-0.1, -0.05) is 24.6 Å². The van der Waals surface area contributed by atoms with Gasteiger partial charge in [0.15, 0.2) is 0 Å². The number of pyridine rings is 1. The van der Waals surface area contributed by atoms with E-state index in [9.17, 15) is 0 Å². The average Bonchev–Trinajstić information content (AvgIpc) is 3.12. The molecule has 1 saturated heterocycles. The smallest absolute Gasteiger partial charge is 0.226 e. The van der Waals surface area contributed by atoms with E-state index in [1.54, 1.807) is 12.5 Å². The topological polar surface area (TPSA) is 42.2 Å². The maximum atomic E-state index is 5.69. The fourth-order valence-electron chi connectivity index (χ4n) is 3.20. The van der Waals surface area contributed by atoms with Gasteiger partial charge in [-0.05, 0) is 55.3 Å². The van der Waals surface area contributed by atoms with Crippen LogP contribution in [0.25, 0.3) is 22.6 Å². The minimum Gasteiger partial charge on any atom is -0.444 e. The molecule has 3 heterocycles. The Hall–Kier alpha value is -2.46. The number of hydrogen-bond donors (Lipinski definition) is 0. The molecule has 0 atom stereocenters. The Morgan fingerprint density at radius 3 is 2.46 bits per heavy atom. The van der Waals surface area contributed by atoms with Crippen molar-refractivity contribution in [1.29, 1.82) is 0 Å². The Kier molecular flexibility index (Phi) is 4.38. The minimum absolute atomic E-state index is 0.694. The van der Waals surface area contributed by atoms with Gasteiger partial charge < -0.3 is 4.42 Å². The van der Waals surface area contributed by atoms with Crippen molar-refractivity contribution in [2.75, 3.05) is 13.1 Å². The summed E-state index contributed by atoms with van der Waals surface area (Å²) in [5.74, 6) is 0.694. The van der Waals surface area contributed by atoms with Crippen LogP contribution in [0, 0.1) is 0 Å². The molecular formula is C20H21N3O. The highest BCUT2D eigenvalue weighted by molar-refractivity contribution is 5.66. The van der Waals surface area contributed by atoms with E-state index in [2.05, 4.69) is 45.2 Å². The summed E-state index contributed by atoms with van der Waals surface area (Å²) >= 11 is 0. The van der Waals surface area contributed by atoms with Crippen LogP contribution in [0.1, 0.15) is 25.0 Å². The Labute approximate surface area is 142 Å². The molecule has 0 spiro atoms. The lowest BCUT2D eigenvalue weighted by Gasteiger charge is -2.25. The van der Waals surface area contributed by atoms with Crippen molar-refractivity contribution in [3.63, 3.8) is 0 Å². The number of piperidine rings is 1. The van der Waals surface area contributed by atoms with Crippen molar-refractivity contribution < 1.29 is 4.42 Å². The van der Waals surface area contributed by atoms with Gasteiger partial charge in [-0.2, -0.15) is 0 Å². The molecule has 0 radical (unpaired) electrons. The summed E-state index contributed by atoms with van der Waals surface area (Å²) < 4.78 is 5.69. The number of likely N-dealkylation sites (tertiary alicyclic amines) is 1. The molecule has 4 rings (SSSR count). The number of nitrogens with zero attached hydrogens (tertiary/aromatic N) is 3. The second-order valence-corrected chi connectivity index (χ2v) is 6.30. The zero-order valence-electron chi connectivity index (χ0n) is 13.7. The molecule has 0 N–H and O–H groups in total. The molecule has 0 amide bonds. The number of rotatable bonds is 4. The zero-order chi connectivity index (χ0) is 16.2. The molecule has 1 fully saturated rings. The van der Waals surface area contributed by atoms with Crippen molar-refractivity contribution in [2.24, 2.45) is 0 Å². The van der Waals surface area contributed by atoms with Gasteiger partial charge in [0.25, 0.3) is 0 Å². The summed E-state index contributed by atoms with van der Waals surface area (Å²) in [4.78, 5) is 11.3. The summed E-state index contributed by atoms with van der Waals surface area (Å²) in [5.41, 5.74) is 4.28. The standard InChI is InChI=1S/C20H21N3O/c1-2-11-23(12-3-1)14-19-15-24-20(22-19)17-8-6-16(7-9-17)18-5-4-10-21-13-18/h4-10,13,15H,1-3,11-12,14H2. The first-order valence-electron chi connectivity index (χ1n) is 8.56. The molecule has 0 aliphatic carbocycles. The largest absolute Gasteiger partial charge is 0.444 e.